The molecule has 2 amide bonds. The van der Waals surface area contributed by atoms with E-state index in [-0.39, 0.29) is 16.9 Å². The smallest absolute Gasteiger partial charge is 0.257 e. The number of benzene rings is 2. The van der Waals surface area contributed by atoms with Crippen molar-refractivity contribution in [2.45, 2.75) is 19.8 Å². The van der Waals surface area contributed by atoms with E-state index in [0.717, 1.165) is 25.9 Å². The molecular formula is C23H27N3O4S. The SMILES string of the molecule is CCOCCOc1cccc(C(=O)NC(=S)Nc2cccc(C(=O)N3CCCC3)c2)c1. The minimum Gasteiger partial charge on any atom is -0.491 e. The van der Waals surface area contributed by atoms with Gasteiger partial charge in [0.2, 0.25) is 0 Å². The van der Waals surface area contributed by atoms with Crippen LogP contribution in [0.25, 0.3) is 0 Å². The Kier molecular flexibility index (Phi) is 8.37. The Bertz CT molecular complexity index is 929. The summed E-state index contributed by atoms with van der Waals surface area (Å²) in [5.74, 6) is 0.244. The van der Waals surface area contributed by atoms with Crippen LogP contribution < -0.4 is 15.4 Å². The van der Waals surface area contributed by atoms with E-state index in [1.54, 1.807) is 48.5 Å². The number of ether oxygens (including phenoxy) is 2. The van der Waals surface area contributed by atoms with Gasteiger partial charge in [-0.25, -0.2) is 0 Å². The number of hydrogen-bond acceptors (Lipinski definition) is 5. The van der Waals surface area contributed by atoms with Gasteiger partial charge in [-0.1, -0.05) is 12.1 Å². The van der Waals surface area contributed by atoms with Crippen LogP contribution in [-0.4, -0.2) is 54.7 Å². The van der Waals surface area contributed by atoms with Crippen molar-refractivity contribution >= 4 is 34.8 Å². The van der Waals surface area contributed by atoms with E-state index >= 15 is 0 Å². The summed E-state index contributed by atoms with van der Waals surface area (Å²) in [5.41, 5.74) is 1.66. The van der Waals surface area contributed by atoms with E-state index in [4.69, 9.17) is 21.7 Å². The molecule has 1 aliphatic heterocycles. The molecule has 2 aromatic carbocycles. The Morgan fingerprint density at radius 1 is 1.03 bits per heavy atom. The van der Waals surface area contributed by atoms with E-state index in [9.17, 15) is 9.59 Å². The van der Waals surface area contributed by atoms with Crippen molar-refractivity contribution in [3.63, 3.8) is 0 Å². The molecule has 8 heteroatoms. The zero-order chi connectivity index (χ0) is 22.1. The van der Waals surface area contributed by atoms with Crippen LogP contribution in [-0.2, 0) is 4.74 Å². The molecule has 0 aromatic heterocycles. The number of rotatable bonds is 8. The van der Waals surface area contributed by atoms with E-state index < -0.39 is 0 Å². The maximum Gasteiger partial charge on any atom is 0.257 e. The number of likely N-dealkylation sites (tertiary alicyclic amines) is 1. The van der Waals surface area contributed by atoms with Gasteiger partial charge in [0.25, 0.3) is 11.8 Å². The summed E-state index contributed by atoms with van der Waals surface area (Å²) in [6.45, 7) is 5.03. The third kappa shape index (κ3) is 6.77. The van der Waals surface area contributed by atoms with Crippen LogP contribution in [0.3, 0.4) is 0 Å². The van der Waals surface area contributed by atoms with Gasteiger partial charge in [-0.05, 0) is 68.4 Å². The Morgan fingerprint density at radius 3 is 2.55 bits per heavy atom. The first-order valence-electron chi connectivity index (χ1n) is 10.4. The predicted octanol–water partition coefficient (Wildman–Crippen LogP) is 3.46. The molecule has 1 fully saturated rings. The Morgan fingerprint density at radius 2 is 1.77 bits per heavy atom. The van der Waals surface area contributed by atoms with E-state index in [0.29, 0.717) is 42.4 Å². The average Bonchev–Trinajstić information content (AvgIpc) is 3.31. The summed E-state index contributed by atoms with van der Waals surface area (Å²) in [7, 11) is 0. The fourth-order valence-corrected chi connectivity index (χ4v) is 3.47. The van der Waals surface area contributed by atoms with Crippen LogP contribution in [0.4, 0.5) is 5.69 Å². The van der Waals surface area contributed by atoms with Gasteiger partial charge in [-0.2, -0.15) is 0 Å². The average molecular weight is 442 g/mol. The van der Waals surface area contributed by atoms with Crippen LogP contribution in [0.15, 0.2) is 48.5 Å². The minimum absolute atomic E-state index is 0.0113. The molecule has 1 aliphatic rings. The van der Waals surface area contributed by atoms with Crippen molar-refractivity contribution in [1.82, 2.24) is 10.2 Å². The third-order valence-electron chi connectivity index (χ3n) is 4.78. The Balaban J connectivity index is 1.55. The Hall–Kier alpha value is -2.97. The monoisotopic (exact) mass is 441 g/mol. The predicted molar refractivity (Wildman–Crippen MR) is 124 cm³/mol. The van der Waals surface area contributed by atoms with Gasteiger partial charge in [0.15, 0.2) is 5.11 Å². The van der Waals surface area contributed by atoms with Gasteiger partial charge in [-0.3, -0.25) is 14.9 Å². The lowest BCUT2D eigenvalue weighted by atomic mass is 10.1. The second-order valence-electron chi connectivity index (χ2n) is 7.06. The zero-order valence-corrected chi connectivity index (χ0v) is 18.4. The number of carbonyl (C=O) groups is 2. The van der Waals surface area contributed by atoms with Crippen LogP contribution in [0.2, 0.25) is 0 Å². The second kappa shape index (κ2) is 11.4. The molecule has 2 aromatic rings. The van der Waals surface area contributed by atoms with Crippen molar-refractivity contribution < 1.29 is 19.1 Å². The van der Waals surface area contributed by atoms with Crippen LogP contribution in [0.5, 0.6) is 5.75 Å². The minimum atomic E-state index is -0.350. The van der Waals surface area contributed by atoms with E-state index in [1.165, 1.54) is 0 Å². The lowest BCUT2D eigenvalue weighted by Gasteiger charge is -2.16. The number of hydrogen-bond donors (Lipinski definition) is 2. The summed E-state index contributed by atoms with van der Waals surface area (Å²) in [5, 5.41) is 5.78. The number of carbonyl (C=O) groups excluding carboxylic acids is 2. The highest BCUT2D eigenvalue weighted by Crippen LogP contribution is 2.17. The van der Waals surface area contributed by atoms with Gasteiger partial charge >= 0.3 is 0 Å². The van der Waals surface area contributed by atoms with Gasteiger partial charge in [-0.15, -0.1) is 0 Å². The molecule has 31 heavy (non-hydrogen) atoms. The molecule has 0 spiro atoms. The Labute approximate surface area is 187 Å². The molecule has 0 unspecified atom stereocenters. The van der Waals surface area contributed by atoms with Crippen LogP contribution in [0.1, 0.15) is 40.5 Å². The number of nitrogens with zero attached hydrogens (tertiary/aromatic N) is 1. The fourth-order valence-electron chi connectivity index (χ4n) is 3.26. The summed E-state index contributed by atoms with van der Waals surface area (Å²) in [4.78, 5) is 27.0. The van der Waals surface area contributed by atoms with Gasteiger partial charge in [0, 0.05) is 36.5 Å². The molecule has 0 bridgehead atoms. The maximum absolute atomic E-state index is 12.6. The standard InChI is InChI=1S/C23H27N3O4S/c1-2-29-13-14-30-20-10-6-7-17(16-20)21(27)25-23(31)24-19-9-5-8-18(15-19)22(28)26-11-3-4-12-26/h5-10,15-16H,2-4,11-14H2,1H3,(H2,24,25,27,31). The molecule has 7 nitrogen and oxygen atoms in total. The molecule has 3 rings (SSSR count). The third-order valence-corrected chi connectivity index (χ3v) is 4.99. The molecule has 0 radical (unpaired) electrons. The van der Waals surface area contributed by atoms with E-state index in [1.807, 2.05) is 11.8 Å². The van der Waals surface area contributed by atoms with Gasteiger partial charge < -0.3 is 19.7 Å². The first-order valence-corrected chi connectivity index (χ1v) is 10.8. The van der Waals surface area contributed by atoms with Crippen LogP contribution >= 0.6 is 12.2 Å². The van der Waals surface area contributed by atoms with Crippen LogP contribution in [0, 0.1) is 0 Å². The second-order valence-corrected chi connectivity index (χ2v) is 7.47. The number of anilines is 1. The summed E-state index contributed by atoms with van der Waals surface area (Å²) in [6, 6.07) is 14.0. The summed E-state index contributed by atoms with van der Waals surface area (Å²) >= 11 is 5.27. The lowest BCUT2D eigenvalue weighted by Crippen LogP contribution is -2.34. The van der Waals surface area contributed by atoms with Crippen molar-refractivity contribution in [3.05, 3.63) is 59.7 Å². The van der Waals surface area contributed by atoms with Gasteiger partial charge in [0.1, 0.15) is 12.4 Å². The summed E-state index contributed by atoms with van der Waals surface area (Å²) < 4.78 is 10.8. The molecule has 1 heterocycles. The van der Waals surface area contributed by atoms with Gasteiger partial charge in [0.05, 0.1) is 6.61 Å². The quantitative estimate of drug-likeness (QED) is 0.482. The lowest BCUT2D eigenvalue weighted by molar-refractivity contribution is 0.0792. The molecular weight excluding hydrogens is 414 g/mol. The van der Waals surface area contributed by atoms with Crippen molar-refractivity contribution in [2.75, 3.05) is 38.2 Å². The highest BCUT2D eigenvalue weighted by atomic mass is 32.1. The molecule has 1 saturated heterocycles. The molecule has 0 saturated carbocycles. The topological polar surface area (TPSA) is 79.9 Å². The molecule has 0 atom stereocenters. The summed E-state index contributed by atoms with van der Waals surface area (Å²) in [6.07, 6.45) is 2.08. The zero-order valence-electron chi connectivity index (χ0n) is 17.6. The number of thiocarbonyl (C=S) groups is 1. The first kappa shape index (κ1) is 22.7. The fraction of sp³-hybridized carbons (Fsp3) is 0.348. The van der Waals surface area contributed by atoms with Crippen molar-refractivity contribution in [2.24, 2.45) is 0 Å². The maximum atomic E-state index is 12.6. The highest BCUT2D eigenvalue weighted by molar-refractivity contribution is 7.80. The number of nitrogens with one attached hydrogen (secondary N) is 2. The molecule has 2 N–H and O–H groups in total. The first-order chi connectivity index (χ1) is 15.1. The normalized spacial score (nSPS) is 13.0. The largest absolute Gasteiger partial charge is 0.491 e. The molecule has 164 valence electrons. The number of amides is 2. The van der Waals surface area contributed by atoms with E-state index in [2.05, 4.69) is 10.6 Å². The highest BCUT2D eigenvalue weighted by Gasteiger charge is 2.19. The van der Waals surface area contributed by atoms with Crippen molar-refractivity contribution in [1.29, 1.82) is 0 Å². The van der Waals surface area contributed by atoms with Crippen molar-refractivity contribution in [3.8, 4) is 5.75 Å². The molecule has 0 aliphatic carbocycles.